The topological polar surface area (TPSA) is 67.5 Å². The molecular weight excluding hydrogens is 202 g/mol. The van der Waals surface area contributed by atoms with Gasteiger partial charge in [0, 0.05) is 12.1 Å². The summed E-state index contributed by atoms with van der Waals surface area (Å²) in [6, 6.07) is 9.36. The molecule has 86 valence electrons. The summed E-state index contributed by atoms with van der Waals surface area (Å²) in [5.74, 6) is 0.270. The molecule has 3 N–H and O–H groups in total. The van der Waals surface area contributed by atoms with E-state index in [9.17, 15) is 4.79 Å². The number of amides is 2. The van der Waals surface area contributed by atoms with Crippen LogP contribution in [0, 0.1) is 5.92 Å². The number of rotatable bonds is 4. The first-order valence-corrected chi connectivity index (χ1v) is 5.25. The van der Waals surface area contributed by atoms with E-state index in [1.165, 1.54) is 5.56 Å². The first kappa shape index (κ1) is 12.2. The minimum absolute atomic E-state index is 0.270. The Bertz CT molecular complexity index is 371. The lowest BCUT2D eigenvalue weighted by Crippen LogP contribution is -2.27. The van der Waals surface area contributed by atoms with Crippen molar-refractivity contribution in [3.8, 4) is 0 Å². The summed E-state index contributed by atoms with van der Waals surface area (Å²) in [7, 11) is 0. The monoisotopic (exact) mass is 219 g/mol. The Balaban J connectivity index is 2.72. The molecule has 0 radical (unpaired) electrons. The largest absolute Gasteiger partial charge is 0.350 e. The van der Waals surface area contributed by atoms with Crippen molar-refractivity contribution in [2.45, 2.75) is 20.3 Å². The van der Waals surface area contributed by atoms with E-state index in [0.29, 0.717) is 0 Å². The maximum atomic E-state index is 10.6. The molecule has 0 saturated carbocycles. The molecule has 1 aromatic carbocycles. The van der Waals surface area contributed by atoms with Gasteiger partial charge in [-0.2, -0.15) is 5.10 Å². The van der Waals surface area contributed by atoms with Crippen LogP contribution < -0.4 is 11.2 Å². The van der Waals surface area contributed by atoms with E-state index in [1.54, 1.807) is 0 Å². The molecule has 1 rings (SSSR count). The molecule has 2 amide bonds. The van der Waals surface area contributed by atoms with Gasteiger partial charge in [-0.1, -0.05) is 44.2 Å². The molecule has 0 bridgehead atoms. The molecule has 16 heavy (non-hydrogen) atoms. The molecule has 4 nitrogen and oxygen atoms in total. The summed E-state index contributed by atoms with van der Waals surface area (Å²) in [6.07, 6.45) is 0.721. The number of carbonyl (C=O) groups is 1. The van der Waals surface area contributed by atoms with Crippen molar-refractivity contribution in [1.29, 1.82) is 0 Å². The maximum Gasteiger partial charge on any atom is 0.332 e. The van der Waals surface area contributed by atoms with Gasteiger partial charge in [0.25, 0.3) is 0 Å². The molecule has 0 aliphatic heterocycles. The Kier molecular flexibility index (Phi) is 4.51. The van der Waals surface area contributed by atoms with Crippen LogP contribution in [0.3, 0.4) is 0 Å². The van der Waals surface area contributed by atoms with Gasteiger partial charge in [0.2, 0.25) is 0 Å². The summed E-state index contributed by atoms with van der Waals surface area (Å²) < 4.78 is 0. The first-order valence-electron chi connectivity index (χ1n) is 5.25. The van der Waals surface area contributed by atoms with E-state index in [1.807, 2.05) is 44.2 Å². The molecule has 0 spiro atoms. The molecule has 0 aliphatic carbocycles. The number of carbonyl (C=O) groups excluding carboxylic acids is 1. The number of benzene rings is 1. The summed E-state index contributed by atoms with van der Waals surface area (Å²) in [5.41, 5.74) is 9.33. The van der Waals surface area contributed by atoms with Gasteiger partial charge in [-0.3, -0.25) is 0 Å². The van der Waals surface area contributed by atoms with Crippen LogP contribution >= 0.6 is 0 Å². The lowest BCUT2D eigenvalue weighted by Gasteiger charge is -2.09. The molecule has 0 atom stereocenters. The molecular formula is C12H17N3O. The second-order valence-corrected chi connectivity index (χ2v) is 3.90. The highest BCUT2D eigenvalue weighted by Gasteiger charge is 2.06. The van der Waals surface area contributed by atoms with E-state index in [0.717, 1.165) is 12.1 Å². The van der Waals surface area contributed by atoms with Gasteiger partial charge >= 0.3 is 6.03 Å². The van der Waals surface area contributed by atoms with Crippen LogP contribution in [0.1, 0.15) is 19.4 Å². The van der Waals surface area contributed by atoms with Crippen molar-refractivity contribution < 1.29 is 4.79 Å². The third kappa shape index (κ3) is 4.13. The normalized spacial score (nSPS) is 11.6. The Morgan fingerprint density at radius 3 is 2.50 bits per heavy atom. The van der Waals surface area contributed by atoms with Gasteiger partial charge in [-0.05, 0) is 11.5 Å². The van der Waals surface area contributed by atoms with Crippen LogP contribution in [0.4, 0.5) is 4.79 Å². The highest BCUT2D eigenvalue weighted by atomic mass is 16.2. The van der Waals surface area contributed by atoms with Crippen LogP contribution in [-0.2, 0) is 6.42 Å². The van der Waals surface area contributed by atoms with Crippen molar-refractivity contribution in [1.82, 2.24) is 5.43 Å². The number of nitrogens with one attached hydrogen (secondary N) is 1. The van der Waals surface area contributed by atoms with Crippen LogP contribution in [0.25, 0.3) is 0 Å². The fourth-order valence-corrected chi connectivity index (χ4v) is 1.30. The minimum Gasteiger partial charge on any atom is -0.350 e. The van der Waals surface area contributed by atoms with Crippen molar-refractivity contribution >= 4 is 11.7 Å². The van der Waals surface area contributed by atoms with Crippen molar-refractivity contribution in [2.75, 3.05) is 0 Å². The van der Waals surface area contributed by atoms with Crippen LogP contribution in [0.15, 0.2) is 35.4 Å². The van der Waals surface area contributed by atoms with Gasteiger partial charge in [0.05, 0.1) is 0 Å². The second-order valence-electron chi connectivity index (χ2n) is 3.90. The highest BCUT2D eigenvalue weighted by molar-refractivity contribution is 5.89. The van der Waals surface area contributed by atoms with Gasteiger partial charge in [-0.15, -0.1) is 0 Å². The van der Waals surface area contributed by atoms with E-state index in [-0.39, 0.29) is 5.92 Å². The molecule has 0 unspecified atom stereocenters. The standard InChI is InChI=1S/C12H17N3O/c1-9(2)11(14-15-12(13)16)8-10-6-4-3-5-7-10/h3-7,9H,8H2,1-2H3,(H3,13,15,16)/b14-11-. The number of primary amides is 1. The SMILES string of the molecule is CC(C)/C(Cc1ccccc1)=N\NC(N)=O. The first-order chi connectivity index (χ1) is 7.59. The number of hydrazone groups is 1. The molecule has 0 aromatic heterocycles. The van der Waals surface area contributed by atoms with E-state index < -0.39 is 6.03 Å². The number of hydrogen-bond acceptors (Lipinski definition) is 2. The molecule has 4 heteroatoms. The highest BCUT2D eigenvalue weighted by Crippen LogP contribution is 2.06. The third-order valence-electron chi connectivity index (χ3n) is 2.20. The number of urea groups is 1. The Morgan fingerprint density at radius 1 is 1.38 bits per heavy atom. The quantitative estimate of drug-likeness (QED) is 0.589. The van der Waals surface area contributed by atoms with Gasteiger partial charge in [0.1, 0.15) is 0 Å². The van der Waals surface area contributed by atoms with Crippen LogP contribution in [0.5, 0.6) is 0 Å². The summed E-state index contributed by atoms with van der Waals surface area (Å²) >= 11 is 0. The lowest BCUT2D eigenvalue weighted by molar-refractivity contribution is 0.249. The van der Waals surface area contributed by atoms with Crippen molar-refractivity contribution in [2.24, 2.45) is 16.8 Å². The second kappa shape index (κ2) is 5.90. The minimum atomic E-state index is -0.633. The van der Waals surface area contributed by atoms with Crippen LogP contribution in [0.2, 0.25) is 0 Å². The zero-order chi connectivity index (χ0) is 12.0. The van der Waals surface area contributed by atoms with Crippen LogP contribution in [-0.4, -0.2) is 11.7 Å². The molecule has 1 aromatic rings. The fraction of sp³-hybridized carbons (Fsp3) is 0.333. The maximum absolute atomic E-state index is 10.6. The fourth-order valence-electron chi connectivity index (χ4n) is 1.30. The third-order valence-corrected chi connectivity index (χ3v) is 2.20. The van der Waals surface area contributed by atoms with Crippen molar-refractivity contribution in [3.63, 3.8) is 0 Å². The number of nitrogens with two attached hydrogens (primary N) is 1. The van der Waals surface area contributed by atoms with E-state index in [2.05, 4.69) is 10.5 Å². The van der Waals surface area contributed by atoms with E-state index in [4.69, 9.17) is 5.73 Å². The predicted octanol–water partition coefficient (Wildman–Crippen LogP) is 1.91. The molecule has 0 aliphatic rings. The van der Waals surface area contributed by atoms with Gasteiger partial charge in [-0.25, -0.2) is 10.2 Å². The number of nitrogens with zero attached hydrogens (tertiary/aromatic N) is 1. The predicted molar refractivity (Wildman–Crippen MR) is 65.1 cm³/mol. The molecule has 0 fully saturated rings. The zero-order valence-electron chi connectivity index (χ0n) is 9.60. The molecule has 0 saturated heterocycles. The Morgan fingerprint density at radius 2 is 2.00 bits per heavy atom. The summed E-state index contributed by atoms with van der Waals surface area (Å²) in [6.45, 7) is 4.06. The Labute approximate surface area is 95.5 Å². The summed E-state index contributed by atoms with van der Waals surface area (Å²) in [5, 5.41) is 4.01. The average molecular weight is 219 g/mol. The van der Waals surface area contributed by atoms with Crippen molar-refractivity contribution in [3.05, 3.63) is 35.9 Å². The Hall–Kier alpha value is -1.84. The van der Waals surface area contributed by atoms with Gasteiger partial charge in [0.15, 0.2) is 0 Å². The van der Waals surface area contributed by atoms with Gasteiger partial charge < -0.3 is 5.73 Å². The zero-order valence-corrected chi connectivity index (χ0v) is 9.60. The smallest absolute Gasteiger partial charge is 0.332 e. The molecule has 0 heterocycles. The number of hydrogen-bond donors (Lipinski definition) is 2. The summed E-state index contributed by atoms with van der Waals surface area (Å²) in [4.78, 5) is 10.6. The van der Waals surface area contributed by atoms with E-state index >= 15 is 0 Å². The lowest BCUT2D eigenvalue weighted by atomic mass is 10.0. The average Bonchev–Trinajstić information content (AvgIpc) is 2.25.